The van der Waals surface area contributed by atoms with Crippen LogP contribution in [0.15, 0.2) is 35.1 Å². The third kappa shape index (κ3) is 4.67. The van der Waals surface area contributed by atoms with Crippen molar-refractivity contribution in [2.75, 3.05) is 37.7 Å². The number of nitrogens with zero attached hydrogens (tertiary/aromatic N) is 5. The van der Waals surface area contributed by atoms with Gasteiger partial charge in [0.1, 0.15) is 29.4 Å². The molecule has 4 aliphatic rings. The molecule has 9 nitrogen and oxygen atoms in total. The lowest BCUT2D eigenvalue weighted by Gasteiger charge is -2.35. The first-order valence-electron chi connectivity index (χ1n) is 15.6. The van der Waals surface area contributed by atoms with E-state index in [4.69, 9.17) is 4.74 Å². The number of halogens is 5. The molecule has 0 aliphatic carbocycles. The molecule has 14 heteroatoms. The number of hydrogen-bond donors (Lipinski definition) is 2. The number of nitrogens with one attached hydrogen (secondary N) is 1. The lowest BCUT2D eigenvalue weighted by molar-refractivity contribution is -0.142. The number of pyridine rings is 1. The summed E-state index contributed by atoms with van der Waals surface area (Å²) < 4.78 is 80.6. The SMILES string of the molecule is O=c1c2nc(OCC34CCCN3CCC4)nc(N3C[C@H]4CC[C@@H](C3)N4)c2cc(C(F)(F)F)n1-c1cc(O)cc2ccc(F)c(F)c12. The summed E-state index contributed by atoms with van der Waals surface area (Å²) in [7, 11) is 0. The maximum atomic E-state index is 15.2. The number of aromatic nitrogens is 3. The van der Waals surface area contributed by atoms with Crippen LogP contribution in [0.25, 0.3) is 27.4 Å². The zero-order valence-corrected chi connectivity index (χ0v) is 24.7. The van der Waals surface area contributed by atoms with Gasteiger partial charge in [-0.1, -0.05) is 6.07 Å². The predicted molar refractivity (Wildman–Crippen MR) is 160 cm³/mol. The summed E-state index contributed by atoms with van der Waals surface area (Å²) in [5.41, 5.74) is -3.88. The molecule has 8 rings (SSSR count). The van der Waals surface area contributed by atoms with Crippen molar-refractivity contribution in [1.29, 1.82) is 0 Å². The number of alkyl halides is 3. The zero-order chi connectivity index (χ0) is 32.0. The molecule has 0 radical (unpaired) electrons. The number of aromatic hydroxyl groups is 1. The molecule has 2 atom stereocenters. The Morgan fingerprint density at radius 2 is 1.74 bits per heavy atom. The number of phenols is 1. The van der Waals surface area contributed by atoms with Gasteiger partial charge in [0, 0.05) is 36.6 Å². The van der Waals surface area contributed by atoms with E-state index in [1.54, 1.807) is 0 Å². The van der Waals surface area contributed by atoms with Gasteiger partial charge in [-0.3, -0.25) is 14.3 Å². The van der Waals surface area contributed by atoms with E-state index in [1.807, 2.05) is 4.90 Å². The summed E-state index contributed by atoms with van der Waals surface area (Å²) in [6.07, 6.45) is 0.606. The molecule has 4 fully saturated rings. The van der Waals surface area contributed by atoms with Crippen molar-refractivity contribution < 1.29 is 31.8 Å². The van der Waals surface area contributed by atoms with Crippen molar-refractivity contribution in [2.45, 2.75) is 62.3 Å². The molecule has 0 saturated carbocycles. The highest BCUT2D eigenvalue weighted by molar-refractivity contribution is 5.94. The Morgan fingerprint density at radius 3 is 2.43 bits per heavy atom. The minimum atomic E-state index is -5.11. The maximum absolute atomic E-state index is 15.2. The molecule has 46 heavy (non-hydrogen) atoms. The molecule has 2 bridgehead atoms. The predicted octanol–water partition coefficient (Wildman–Crippen LogP) is 4.88. The number of ether oxygens (including phenoxy) is 1. The third-order valence-electron chi connectivity index (χ3n) is 10.1. The number of rotatable bonds is 5. The van der Waals surface area contributed by atoms with E-state index in [0.717, 1.165) is 81.9 Å². The minimum absolute atomic E-state index is 0.0883. The van der Waals surface area contributed by atoms with E-state index in [-0.39, 0.29) is 56.9 Å². The van der Waals surface area contributed by atoms with E-state index >= 15 is 4.39 Å². The molecule has 242 valence electrons. The van der Waals surface area contributed by atoms with Gasteiger partial charge in [0.2, 0.25) is 0 Å². The lowest BCUT2D eigenvalue weighted by Crippen LogP contribution is -2.51. The Morgan fingerprint density at radius 1 is 1.02 bits per heavy atom. The highest BCUT2D eigenvalue weighted by Crippen LogP contribution is 2.41. The fourth-order valence-corrected chi connectivity index (χ4v) is 8.07. The van der Waals surface area contributed by atoms with Crippen LogP contribution in [0.3, 0.4) is 0 Å². The van der Waals surface area contributed by atoms with Crippen LogP contribution >= 0.6 is 0 Å². The summed E-state index contributed by atoms with van der Waals surface area (Å²) in [4.78, 5) is 27.6. The van der Waals surface area contributed by atoms with Crippen molar-refractivity contribution in [1.82, 2.24) is 24.8 Å². The van der Waals surface area contributed by atoms with Crippen molar-refractivity contribution in [2.24, 2.45) is 0 Å². The summed E-state index contributed by atoms with van der Waals surface area (Å²) in [5.74, 6) is -3.15. The average Bonchev–Trinajstić information content (AvgIpc) is 3.70. The Labute approximate surface area is 259 Å². The first-order chi connectivity index (χ1) is 22.0. The molecule has 0 spiro atoms. The van der Waals surface area contributed by atoms with E-state index in [2.05, 4.69) is 20.2 Å². The van der Waals surface area contributed by atoms with Gasteiger partial charge in [-0.05, 0) is 75.2 Å². The molecule has 2 aromatic carbocycles. The fourth-order valence-electron chi connectivity index (χ4n) is 8.07. The molecule has 4 saturated heterocycles. The first-order valence-corrected chi connectivity index (χ1v) is 15.6. The minimum Gasteiger partial charge on any atom is -0.508 e. The van der Waals surface area contributed by atoms with E-state index in [0.29, 0.717) is 13.1 Å². The van der Waals surface area contributed by atoms with Gasteiger partial charge in [0.15, 0.2) is 11.6 Å². The van der Waals surface area contributed by atoms with Gasteiger partial charge >= 0.3 is 12.2 Å². The average molecular weight is 643 g/mol. The number of piperazine rings is 1. The van der Waals surface area contributed by atoms with E-state index in [1.165, 1.54) is 0 Å². The van der Waals surface area contributed by atoms with Gasteiger partial charge in [-0.25, -0.2) is 8.78 Å². The van der Waals surface area contributed by atoms with Gasteiger partial charge in [-0.15, -0.1) is 0 Å². The summed E-state index contributed by atoms with van der Waals surface area (Å²) in [5, 5.41) is 13.1. The molecule has 4 aromatic rings. The highest BCUT2D eigenvalue weighted by atomic mass is 19.4. The van der Waals surface area contributed by atoms with Crippen molar-refractivity contribution >= 4 is 27.5 Å². The number of benzene rings is 2. The molecule has 6 heterocycles. The second-order valence-electron chi connectivity index (χ2n) is 12.9. The van der Waals surface area contributed by atoms with Crippen LogP contribution in [0.4, 0.5) is 27.8 Å². The first kappa shape index (κ1) is 29.4. The summed E-state index contributed by atoms with van der Waals surface area (Å²) in [6, 6.07) is 4.68. The Kier molecular flexibility index (Phi) is 6.70. The monoisotopic (exact) mass is 642 g/mol. The number of phenolic OH excluding ortho intramolecular Hbond substituents is 1. The van der Waals surface area contributed by atoms with Gasteiger partial charge in [0.05, 0.1) is 16.6 Å². The van der Waals surface area contributed by atoms with E-state index in [9.17, 15) is 27.5 Å². The summed E-state index contributed by atoms with van der Waals surface area (Å²) in [6.45, 7) is 3.10. The second kappa shape index (κ2) is 10.5. The quantitative estimate of drug-likeness (QED) is 0.298. The largest absolute Gasteiger partial charge is 0.508 e. The van der Waals surface area contributed by atoms with Gasteiger partial charge < -0.3 is 20.1 Å². The molecule has 0 amide bonds. The van der Waals surface area contributed by atoms with Crippen LogP contribution in [0.1, 0.15) is 44.2 Å². The fraction of sp³-hybridized carbons (Fsp3) is 0.469. The standard InChI is InChI=1S/C32H31F5N6O3/c33-22-6-3-17-11-20(44)12-23(25(17)26(22)34)43-24(32(35,36)37)13-21-27(29(43)45)39-30(46-16-31-7-1-9-42(31)10-2-8-31)40-28(21)41-14-18-4-5-19(15-41)38-18/h3,6,11-13,18-19,38,44H,1-2,4-5,7-10,14-16H2/t18-,19+. The molecular formula is C32H31F5N6O3. The lowest BCUT2D eigenvalue weighted by atomic mass is 9.95. The van der Waals surface area contributed by atoms with Crippen LogP contribution in [0.2, 0.25) is 0 Å². The number of anilines is 1. The number of hydrogen-bond acceptors (Lipinski definition) is 8. The van der Waals surface area contributed by atoms with Crippen LogP contribution < -0.4 is 20.5 Å². The topological polar surface area (TPSA) is 95.8 Å². The van der Waals surface area contributed by atoms with Crippen molar-refractivity contribution in [3.05, 3.63) is 58.0 Å². The normalized spacial score (nSPS) is 22.7. The van der Waals surface area contributed by atoms with Crippen LogP contribution in [-0.2, 0) is 6.18 Å². The van der Waals surface area contributed by atoms with Crippen LogP contribution in [-0.4, -0.2) is 75.0 Å². The molecule has 2 N–H and O–H groups in total. The van der Waals surface area contributed by atoms with Gasteiger partial charge in [-0.2, -0.15) is 23.1 Å². The van der Waals surface area contributed by atoms with Crippen LogP contribution in [0, 0.1) is 11.6 Å². The zero-order valence-electron chi connectivity index (χ0n) is 24.7. The molecule has 0 unspecified atom stereocenters. The Balaban J connectivity index is 1.36. The molecular weight excluding hydrogens is 611 g/mol. The smallest absolute Gasteiger partial charge is 0.431 e. The highest BCUT2D eigenvalue weighted by Gasteiger charge is 2.45. The molecule has 2 aromatic heterocycles. The van der Waals surface area contributed by atoms with Crippen molar-refractivity contribution in [3.63, 3.8) is 0 Å². The Hall–Kier alpha value is -4.04. The number of fused-ring (bicyclic) bond motifs is 5. The van der Waals surface area contributed by atoms with Crippen LogP contribution in [0.5, 0.6) is 11.8 Å². The Bertz CT molecular complexity index is 1930. The van der Waals surface area contributed by atoms with E-state index < -0.39 is 45.9 Å². The van der Waals surface area contributed by atoms with Gasteiger partial charge in [0.25, 0.3) is 5.56 Å². The second-order valence-corrected chi connectivity index (χ2v) is 12.9. The molecule has 4 aliphatic heterocycles. The van der Waals surface area contributed by atoms with Crippen molar-refractivity contribution in [3.8, 4) is 17.4 Å². The third-order valence-corrected chi connectivity index (χ3v) is 10.1. The maximum Gasteiger partial charge on any atom is 0.431 e. The summed E-state index contributed by atoms with van der Waals surface area (Å²) >= 11 is 0.